The van der Waals surface area contributed by atoms with Crippen molar-refractivity contribution in [3.8, 4) is 11.1 Å². The average Bonchev–Trinajstić information content (AvgIpc) is 3.35. The summed E-state index contributed by atoms with van der Waals surface area (Å²) >= 11 is 0. The van der Waals surface area contributed by atoms with Crippen molar-refractivity contribution in [2.75, 3.05) is 37.4 Å². The van der Waals surface area contributed by atoms with Crippen molar-refractivity contribution in [2.45, 2.75) is 12.5 Å². The second-order valence-electron chi connectivity index (χ2n) is 8.68. The number of anilines is 2. The number of aromatic nitrogens is 2. The molecule has 4 aromatic rings. The topological polar surface area (TPSA) is 61.4 Å². The third-order valence-electron chi connectivity index (χ3n) is 6.26. The SMILES string of the molecule is CN(C)[C@H]1CCN(c2cnc3cc(NC(=O)c4ccc(-c5ccccc5)cc4)ccc3n2)C1. The highest BCUT2D eigenvalue weighted by molar-refractivity contribution is 6.05. The lowest BCUT2D eigenvalue weighted by Crippen LogP contribution is -2.31. The van der Waals surface area contributed by atoms with Crippen molar-refractivity contribution in [2.24, 2.45) is 0 Å². The van der Waals surface area contributed by atoms with Gasteiger partial charge >= 0.3 is 0 Å². The Morgan fingerprint density at radius 3 is 2.45 bits per heavy atom. The Morgan fingerprint density at radius 1 is 0.970 bits per heavy atom. The molecule has 1 atom stereocenters. The quantitative estimate of drug-likeness (QED) is 0.491. The van der Waals surface area contributed by atoms with E-state index < -0.39 is 0 Å². The summed E-state index contributed by atoms with van der Waals surface area (Å²) in [5, 5.41) is 2.97. The Bertz CT molecular complexity index is 1270. The number of carbonyl (C=O) groups excluding carboxylic acids is 1. The van der Waals surface area contributed by atoms with Gasteiger partial charge in [-0.25, -0.2) is 4.98 Å². The number of nitrogens with zero attached hydrogens (tertiary/aromatic N) is 4. The zero-order valence-electron chi connectivity index (χ0n) is 18.9. The molecule has 6 nitrogen and oxygen atoms in total. The molecule has 1 aromatic heterocycles. The van der Waals surface area contributed by atoms with Crippen molar-refractivity contribution in [1.82, 2.24) is 14.9 Å². The minimum absolute atomic E-state index is 0.148. The summed E-state index contributed by atoms with van der Waals surface area (Å²) in [7, 11) is 4.24. The maximum atomic E-state index is 12.8. The minimum Gasteiger partial charge on any atom is -0.354 e. The van der Waals surface area contributed by atoms with Crippen LogP contribution < -0.4 is 10.2 Å². The van der Waals surface area contributed by atoms with Crippen molar-refractivity contribution in [1.29, 1.82) is 0 Å². The molecule has 0 bridgehead atoms. The number of fused-ring (bicyclic) bond motifs is 1. The van der Waals surface area contributed by atoms with Crippen molar-refractivity contribution in [3.05, 3.63) is 84.6 Å². The summed E-state index contributed by atoms with van der Waals surface area (Å²) in [5.41, 5.74) is 5.11. The van der Waals surface area contributed by atoms with Gasteiger partial charge in [-0.2, -0.15) is 0 Å². The predicted molar refractivity (Wildman–Crippen MR) is 134 cm³/mol. The van der Waals surface area contributed by atoms with Gasteiger partial charge in [0.1, 0.15) is 5.82 Å². The van der Waals surface area contributed by atoms with E-state index in [1.165, 1.54) is 0 Å². The third-order valence-corrected chi connectivity index (χ3v) is 6.26. The van der Waals surface area contributed by atoms with Gasteiger partial charge in [0.15, 0.2) is 0 Å². The molecule has 5 rings (SSSR count). The number of carbonyl (C=O) groups is 1. The fraction of sp³-hybridized carbons (Fsp3) is 0.222. The van der Waals surface area contributed by atoms with Gasteiger partial charge in [0.25, 0.3) is 5.91 Å². The van der Waals surface area contributed by atoms with Gasteiger partial charge in [-0.05, 0) is 62.0 Å². The lowest BCUT2D eigenvalue weighted by Gasteiger charge is -2.21. The van der Waals surface area contributed by atoms with Crippen LogP contribution in [0.5, 0.6) is 0 Å². The summed E-state index contributed by atoms with van der Waals surface area (Å²) in [6, 6.07) is 24.0. The van der Waals surface area contributed by atoms with Crippen molar-refractivity contribution < 1.29 is 4.79 Å². The summed E-state index contributed by atoms with van der Waals surface area (Å²) in [6.45, 7) is 1.95. The van der Waals surface area contributed by atoms with E-state index in [-0.39, 0.29) is 5.91 Å². The Morgan fingerprint density at radius 2 is 1.73 bits per heavy atom. The van der Waals surface area contributed by atoms with Gasteiger partial charge in [-0.3, -0.25) is 9.78 Å². The molecule has 0 radical (unpaired) electrons. The Balaban J connectivity index is 1.29. The number of benzene rings is 3. The van der Waals surface area contributed by atoms with Crippen LogP contribution in [0.3, 0.4) is 0 Å². The highest BCUT2D eigenvalue weighted by atomic mass is 16.1. The van der Waals surface area contributed by atoms with Crippen LogP contribution in [0.15, 0.2) is 79.0 Å². The maximum absolute atomic E-state index is 12.8. The van der Waals surface area contributed by atoms with Crippen LogP contribution in [0.25, 0.3) is 22.2 Å². The predicted octanol–water partition coefficient (Wildman–Crippen LogP) is 4.69. The van der Waals surface area contributed by atoms with Gasteiger partial charge in [0.05, 0.1) is 17.2 Å². The molecule has 166 valence electrons. The molecule has 0 unspecified atom stereocenters. The number of hydrogen-bond acceptors (Lipinski definition) is 5. The van der Waals surface area contributed by atoms with E-state index in [4.69, 9.17) is 4.98 Å². The Labute approximate surface area is 193 Å². The van der Waals surface area contributed by atoms with Gasteiger partial charge in [-0.15, -0.1) is 0 Å². The van der Waals surface area contributed by atoms with Crippen LogP contribution in [0.4, 0.5) is 11.5 Å². The van der Waals surface area contributed by atoms with E-state index >= 15 is 0 Å². The molecular formula is C27H27N5O. The minimum atomic E-state index is -0.148. The van der Waals surface area contributed by atoms with E-state index in [0.717, 1.165) is 47.5 Å². The van der Waals surface area contributed by atoms with Crippen molar-refractivity contribution in [3.63, 3.8) is 0 Å². The molecule has 33 heavy (non-hydrogen) atoms. The van der Waals surface area contributed by atoms with Crippen LogP contribution in [0.2, 0.25) is 0 Å². The summed E-state index contributed by atoms with van der Waals surface area (Å²) in [5.74, 6) is 0.757. The van der Waals surface area contributed by atoms with Gasteiger partial charge in [0.2, 0.25) is 0 Å². The lowest BCUT2D eigenvalue weighted by atomic mass is 10.0. The molecule has 1 aliphatic heterocycles. The van der Waals surface area contributed by atoms with E-state index in [9.17, 15) is 4.79 Å². The molecule has 1 saturated heterocycles. The van der Waals surface area contributed by atoms with Gasteiger partial charge in [0, 0.05) is 30.4 Å². The lowest BCUT2D eigenvalue weighted by molar-refractivity contribution is 0.102. The van der Waals surface area contributed by atoms with Crippen LogP contribution in [0, 0.1) is 0 Å². The molecule has 1 N–H and O–H groups in total. The standard InChI is InChI=1S/C27H27N5O/c1-31(2)23-14-15-32(18-23)26-17-28-25-16-22(12-13-24(25)30-26)29-27(33)21-10-8-20(9-11-21)19-6-4-3-5-7-19/h3-13,16-17,23H,14-15,18H2,1-2H3,(H,29,33)/t23-/m0/s1. The molecule has 3 aromatic carbocycles. The maximum Gasteiger partial charge on any atom is 0.255 e. The van der Waals surface area contributed by atoms with Gasteiger partial charge in [-0.1, -0.05) is 42.5 Å². The first-order valence-electron chi connectivity index (χ1n) is 11.2. The zero-order chi connectivity index (χ0) is 22.8. The number of hydrogen-bond donors (Lipinski definition) is 1. The molecular weight excluding hydrogens is 410 g/mol. The molecule has 1 aliphatic rings. The summed E-state index contributed by atoms with van der Waals surface area (Å²) < 4.78 is 0. The number of rotatable bonds is 5. The first-order valence-corrected chi connectivity index (χ1v) is 11.2. The smallest absolute Gasteiger partial charge is 0.255 e. The molecule has 1 amide bonds. The summed E-state index contributed by atoms with van der Waals surface area (Å²) in [6.07, 6.45) is 2.96. The second-order valence-corrected chi connectivity index (χ2v) is 8.68. The van der Waals surface area contributed by atoms with Crippen LogP contribution in [0.1, 0.15) is 16.8 Å². The molecule has 0 saturated carbocycles. The second kappa shape index (κ2) is 9.00. The normalized spacial score (nSPS) is 15.8. The fourth-order valence-electron chi connectivity index (χ4n) is 4.25. The van der Waals surface area contributed by atoms with Crippen molar-refractivity contribution >= 4 is 28.4 Å². The van der Waals surface area contributed by atoms with Crippen LogP contribution in [-0.2, 0) is 0 Å². The number of likely N-dealkylation sites (N-methyl/N-ethyl adjacent to an activating group) is 1. The first kappa shape index (κ1) is 21.1. The first-order chi connectivity index (χ1) is 16.1. The molecule has 0 aliphatic carbocycles. The van der Waals surface area contributed by atoms with E-state index in [0.29, 0.717) is 17.3 Å². The number of amides is 1. The Kier molecular flexibility index (Phi) is 5.75. The Hall–Kier alpha value is -3.77. The van der Waals surface area contributed by atoms with Gasteiger partial charge < -0.3 is 15.1 Å². The van der Waals surface area contributed by atoms with E-state index in [1.54, 1.807) is 0 Å². The largest absolute Gasteiger partial charge is 0.354 e. The summed E-state index contributed by atoms with van der Waals surface area (Å²) in [4.78, 5) is 26.7. The molecule has 2 heterocycles. The van der Waals surface area contributed by atoms with E-state index in [1.807, 2.05) is 66.9 Å². The van der Waals surface area contributed by atoms with Crippen LogP contribution in [-0.4, -0.2) is 54.0 Å². The third kappa shape index (κ3) is 4.56. The molecule has 6 heteroatoms. The number of nitrogens with one attached hydrogen (secondary N) is 1. The molecule has 1 fully saturated rings. The fourth-order valence-corrected chi connectivity index (χ4v) is 4.25. The van der Waals surface area contributed by atoms with E-state index in [2.05, 4.69) is 46.3 Å². The van der Waals surface area contributed by atoms with Crippen LogP contribution >= 0.6 is 0 Å². The highest BCUT2D eigenvalue weighted by Crippen LogP contribution is 2.24. The monoisotopic (exact) mass is 437 g/mol. The highest BCUT2D eigenvalue weighted by Gasteiger charge is 2.25. The zero-order valence-corrected chi connectivity index (χ0v) is 18.9. The average molecular weight is 438 g/mol. The molecule has 0 spiro atoms.